The lowest BCUT2D eigenvalue weighted by molar-refractivity contribution is -0.385. The summed E-state index contributed by atoms with van der Waals surface area (Å²) >= 11 is 2.98. The number of benzene rings is 1. The summed E-state index contributed by atoms with van der Waals surface area (Å²) in [4.78, 5) is 20.1. The zero-order valence-corrected chi connectivity index (χ0v) is 9.32. The van der Waals surface area contributed by atoms with Gasteiger partial charge in [-0.05, 0) is 19.1 Å². The molecule has 0 heterocycles. The summed E-state index contributed by atoms with van der Waals surface area (Å²) in [7, 11) is 0. The van der Waals surface area contributed by atoms with Crippen LogP contribution in [0.5, 0.6) is 0 Å². The smallest absolute Gasteiger partial charge is 0.274 e. The Hall–Kier alpha value is -1.30. The van der Waals surface area contributed by atoms with Gasteiger partial charge >= 0.3 is 0 Å². The number of nitro benzene ring substituents is 1. The maximum absolute atomic E-state index is 12.9. The van der Waals surface area contributed by atoms with E-state index in [0.717, 1.165) is 18.2 Å². The first kappa shape index (κ1) is 11.8. The highest BCUT2D eigenvalue weighted by Gasteiger charge is 2.23. The fourth-order valence-corrected chi connectivity index (χ4v) is 1.48. The topological polar surface area (TPSA) is 60.2 Å². The van der Waals surface area contributed by atoms with E-state index in [1.807, 2.05) is 0 Å². The number of halogens is 2. The second-order valence-corrected chi connectivity index (χ2v) is 3.85. The SMILES string of the molecule is CC(=O)C(Br)c1cc(F)ccc1[N+](=O)[O-]. The number of carbonyl (C=O) groups is 1. The Morgan fingerprint density at radius 3 is 2.67 bits per heavy atom. The predicted molar refractivity (Wildman–Crippen MR) is 55.4 cm³/mol. The molecule has 1 aromatic carbocycles. The molecule has 0 saturated carbocycles. The molecule has 0 amide bonds. The van der Waals surface area contributed by atoms with Crippen LogP contribution in [0.15, 0.2) is 18.2 Å². The second-order valence-electron chi connectivity index (χ2n) is 2.93. The first-order valence-corrected chi connectivity index (χ1v) is 4.93. The quantitative estimate of drug-likeness (QED) is 0.484. The van der Waals surface area contributed by atoms with E-state index in [4.69, 9.17) is 0 Å². The number of ketones is 1. The highest BCUT2D eigenvalue weighted by atomic mass is 79.9. The minimum atomic E-state index is -0.853. The summed E-state index contributed by atoms with van der Waals surface area (Å²) in [6.07, 6.45) is 0. The Morgan fingerprint density at radius 2 is 2.20 bits per heavy atom. The van der Waals surface area contributed by atoms with Gasteiger partial charge < -0.3 is 0 Å². The molecule has 0 saturated heterocycles. The molecule has 0 aliphatic rings. The summed E-state index contributed by atoms with van der Waals surface area (Å²) in [5, 5.41) is 10.6. The van der Waals surface area contributed by atoms with Gasteiger partial charge in [-0.2, -0.15) is 0 Å². The van der Waals surface area contributed by atoms with Crippen LogP contribution >= 0.6 is 15.9 Å². The summed E-state index contributed by atoms with van der Waals surface area (Å²) in [5.74, 6) is -0.926. The van der Waals surface area contributed by atoms with Crippen molar-refractivity contribution in [3.05, 3.63) is 39.7 Å². The number of Topliss-reactive ketones (excluding diaryl/α,β-unsaturated/α-hetero) is 1. The first-order valence-electron chi connectivity index (χ1n) is 4.02. The Kier molecular flexibility index (Phi) is 3.52. The lowest BCUT2D eigenvalue weighted by atomic mass is 10.1. The molecule has 0 spiro atoms. The predicted octanol–water partition coefficient (Wildman–Crippen LogP) is 2.76. The standard InChI is InChI=1S/C9H7BrFNO3/c1-5(13)9(10)7-4-6(11)2-3-8(7)12(14)15/h2-4,9H,1H3. The van der Waals surface area contributed by atoms with Crippen LogP contribution in [-0.4, -0.2) is 10.7 Å². The summed E-state index contributed by atoms with van der Waals surface area (Å²) in [6.45, 7) is 1.27. The molecule has 0 aromatic heterocycles. The monoisotopic (exact) mass is 275 g/mol. The highest BCUT2D eigenvalue weighted by Crippen LogP contribution is 2.32. The van der Waals surface area contributed by atoms with Crippen LogP contribution < -0.4 is 0 Å². The molecule has 0 bridgehead atoms. The van der Waals surface area contributed by atoms with Crippen LogP contribution in [-0.2, 0) is 4.79 Å². The van der Waals surface area contributed by atoms with Gasteiger partial charge in [0.05, 0.1) is 10.5 Å². The van der Waals surface area contributed by atoms with Crippen LogP contribution in [0.4, 0.5) is 10.1 Å². The molecular weight excluding hydrogens is 269 g/mol. The summed E-state index contributed by atoms with van der Waals surface area (Å²) in [5.41, 5.74) is -0.235. The van der Waals surface area contributed by atoms with Crippen LogP contribution in [0.1, 0.15) is 17.3 Å². The van der Waals surface area contributed by atoms with Gasteiger partial charge in [0.25, 0.3) is 5.69 Å². The Balaban J connectivity index is 3.30. The van der Waals surface area contributed by atoms with E-state index in [1.165, 1.54) is 6.92 Å². The van der Waals surface area contributed by atoms with E-state index in [2.05, 4.69) is 15.9 Å². The summed E-state index contributed by atoms with van der Waals surface area (Å²) < 4.78 is 12.9. The molecule has 0 aliphatic carbocycles. The van der Waals surface area contributed by atoms with Gasteiger partial charge in [0.2, 0.25) is 0 Å². The third-order valence-electron chi connectivity index (χ3n) is 1.82. The van der Waals surface area contributed by atoms with Crippen molar-refractivity contribution in [2.24, 2.45) is 0 Å². The molecular formula is C9H7BrFNO3. The fraction of sp³-hybridized carbons (Fsp3) is 0.222. The maximum atomic E-state index is 12.9. The molecule has 0 aliphatic heterocycles. The highest BCUT2D eigenvalue weighted by molar-refractivity contribution is 9.09. The van der Waals surface area contributed by atoms with Gasteiger partial charge in [0.15, 0.2) is 0 Å². The maximum Gasteiger partial charge on any atom is 0.274 e. The van der Waals surface area contributed by atoms with E-state index in [-0.39, 0.29) is 17.0 Å². The normalized spacial score (nSPS) is 12.2. The van der Waals surface area contributed by atoms with Crippen molar-refractivity contribution in [2.45, 2.75) is 11.8 Å². The Morgan fingerprint density at radius 1 is 1.60 bits per heavy atom. The molecule has 15 heavy (non-hydrogen) atoms. The minimum absolute atomic E-state index is 0.0347. The van der Waals surface area contributed by atoms with Crippen molar-refractivity contribution in [1.82, 2.24) is 0 Å². The van der Waals surface area contributed by atoms with Crippen molar-refractivity contribution in [2.75, 3.05) is 0 Å². The van der Waals surface area contributed by atoms with Gasteiger partial charge in [-0.3, -0.25) is 14.9 Å². The molecule has 80 valence electrons. The van der Waals surface area contributed by atoms with E-state index >= 15 is 0 Å². The third-order valence-corrected chi connectivity index (χ3v) is 2.95. The Labute approximate surface area is 93.4 Å². The average molecular weight is 276 g/mol. The molecule has 6 heteroatoms. The number of hydrogen-bond acceptors (Lipinski definition) is 3. The lowest BCUT2D eigenvalue weighted by Gasteiger charge is -2.06. The number of nitro groups is 1. The molecule has 1 aromatic rings. The van der Waals surface area contributed by atoms with Crippen molar-refractivity contribution in [3.8, 4) is 0 Å². The first-order chi connectivity index (χ1) is 6.93. The van der Waals surface area contributed by atoms with Gasteiger partial charge in [-0.25, -0.2) is 4.39 Å². The van der Waals surface area contributed by atoms with Gasteiger partial charge in [0.1, 0.15) is 16.4 Å². The van der Waals surface area contributed by atoms with E-state index < -0.39 is 15.6 Å². The van der Waals surface area contributed by atoms with E-state index in [9.17, 15) is 19.3 Å². The van der Waals surface area contributed by atoms with Crippen molar-refractivity contribution in [1.29, 1.82) is 0 Å². The van der Waals surface area contributed by atoms with Crippen molar-refractivity contribution >= 4 is 27.4 Å². The van der Waals surface area contributed by atoms with E-state index in [1.54, 1.807) is 0 Å². The number of nitrogens with zero attached hydrogens (tertiary/aromatic N) is 1. The summed E-state index contributed by atoms with van der Waals surface area (Å²) in [6, 6.07) is 3.02. The molecule has 1 atom stereocenters. The zero-order valence-electron chi connectivity index (χ0n) is 7.74. The van der Waals surface area contributed by atoms with E-state index in [0.29, 0.717) is 0 Å². The van der Waals surface area contributed by atoms with Crippen LogP contribution in [0.2, 0.25) is 0 Å². The van der Waals surface area contributed by atoms with Crippen molar-refractivity contribution < 1.29 is 14.1 Å². The lowest BCUT2D eigenvalue weighted by Crippen LogP contribution is -2.05. The average Bonchev–Trinajstić information content (AvgIpc) is 2.15. The molecule has 0 radical (unpaired) electrons. The molecule has 1 unspecified atom stereocenters. The Bertz CT molecular complexity index is 422. The van der Waals surface area contributed by atoms with Crippen LogP contribution in [0.25, 0.3) is 0 Å². The number of carbonyl (C=O) groups excluding carboxylic acids is 1. The molecule has 1 rings (SSSR count). The number of hydrogen-bond donors (Lipinski definition) is 0. The molecule has 0 N–H and O–H groups in total. The third kappa shape index (κ3) is 2.59. The van der Waals surface area contributed by atoms with Gasteiger partial charge in [-0.1, -0.05) is 15.9 Å². The van der Waals surface area contributed by atoms with Crippen LogP contribution in [0.3, 0.4) is 0 Å². The zero-order chi connectivity index (χ0) is 11.6. The molecule has 0 fully saturated rings. The second kappa shape index (κ2) is 4.48. The van der Waals surface area contributed by atoms with Crippen LogP contribution in [0, 0.1) is 15.9 Å². The van der Waals surface area contributed by atoms with Gasteiger partial charge in [-0.15, -0.1) is 0 Å². The number of alkyl halides is 1. The minimum Gasteiger partial charge on any atom is -0.298 e. The van der Waals surface area contributed by atoms with Crippen molar-refractivity contribution in [3.63, 3.8) is 0 Å². The largest absolute Gasteiger partial charge is 0.298 e. The molecule has 4 nitrogen and oxygen atoms in total. The van der Waals surface area contributed by atoms with Gasteiger partial charge in [0, 0.05) is 6.07 Å². The fourth-order valence-electron chi connectivity index (χ4n) is 1.11. The number of rotatable bonds is 3.